The number of carbonyl (C=O) groups is 5. The third-order valence-corrected chi connectivity index (χ3v) is 11.9. The molecule has 0 unspecified atom stereocenters. The summed E-state index contributed by atoms with van der Waals surface area (Å²) >= 11 is 4.44. The molecule has 4 atom stereocenters. The Labute approximate surface area is 344 Å². The third-order valence-electron chi connectivity index (χ3n) is 8.91. The topological polar surface area (TPSA) is 266 Å². The quantitative estimate of drug-likeness (QED) is 0.0400. The van der Waals surface area contributed by atoms with Crippen LogP contribution in [0.2, 0.25) is 0 Å². The van der Waals surface area contributed by atoms with Crippen LogP contribution >= 0.6 is 27.3 Å². The number of ether oxygens (including phenoxy) is 1. The molecule has 0 spiro atoms. The number of aliphatic imine (C=N–C) groups is 1. The Bertz CT molecular complexity index is 2060. The molecule has 2 aromatic carbocycles. The van der Waals surface area contributed by atoms with E-state index in [0.29, 0.717) is 22.4 Å². The van der Waals surface area contributed by atoms with Crippen molar-refractivity contribution in [2.24, 2.45) is 22.4 Å². The predicted molar refractivity (Wildman–Crippen MR) is 220 cm³/mol. The summed E-state index contributed by atoms with van der Waals surface area (Å²) in [5, 5.41) is 12.2. The highest BCUT2D eigenvalue weighted by Crippen LogP contribution is 2.30. The van der Waals surface area contributed by atoms with Crippen molar-refractivity contribution < 1.29 is 37.1 Å². The van der Waals surface area contributed by atoms with Crippen LogP contribution in [0.15, 0.2) is 56.3 Å². The Morgan fingerprint density at radius 1 is 0.930 bits per heavy atom. The van der Waals surface area contributed by atoms with Crippen LogP contribution in [0.25, 0.3) is 0 Å². The number of amides is 5. The number of urea groups is 1. The zero-order valence-corrected chi connectivity index (χ0v) is 36.0. The number of carbonyl (C=O) groups excluding carboxylic acids is 5. The zero-order valence-electron chi connectivity index (χ0n) is 32.8. The number of aromatic nitrogens is 1. The number of sulfonamides is 1. The molecule has 0 aliphatic carbocycles. The van der Waals surface area contributed by atoms with Gasteiger partial charge in [-0.15, -0.1) is 11.3 Å². The second-order valence-corrected chi connectivity index (χ2v) is 17.0. The predicted octanol–water partition coefficient (Wildman–Crippen LogP) is 3.03. The van der Waals surface area contributed by atoms with Gasteiger partial charge in [-0.05, 0) is 86.9 Å². The van der Waals surface area contributed by atoms with Crippen LogP contribution in [-0.4, -0.2) is 80.7 Å². The number of hydrogen-bond acceptors (Lipinski definition) is 11. The molecule has 0 saturated heterocycles. The van der Waals surface area contributed by atoms with Gasteiger partial charge in [-0.2, -0.15) is 0 Å². The molecule has 9 N–H and O–H groups in total. The minimum atomic E-state index is -4.11. The van der Waals surface area contributed by atoms with Crippen LogP contribution in [0.4, 0.5) is 4.79 Å². The highest BCUT2D eigenvalue weighted by molar-refractivity contribution is 9.10. The summed E-state index contributed by atoms with van der Waals surface area (Å²) in [7, 11) is -2.62. The molecule has 0 saturated carbocycles. The number of nitrogens with one attached hydrogen (secondary N) is 5. The summed E-state index contributed by atoms with van der Waals surface area (Å²) in [6, 6.07) is 3.90. The van der Waals surface area contributed by atoms with Gasteiger partial charge in [-0.1, -0.05) is 41.9 Å². The molecule has 5 amide bonds. The maximum absolute atomic E-state index is 13.7. The van der Waals surface area contributed by atoms with Crippen LogP contribution in [0.5, 0.6) is 5.75 Å². The minimum absolute atomic E-state index is 0.0151. The van der Waals surface area contributed by atoms with Gasteiger partial charge >= 0.3 is 6.03 Å². The number of thiazole rings is 1. The number of aryl methyl sites for hydroxylation is 1. The van der Waals surface area contributed by atoms with Crippen molar-refractivity contribution in [2.45, 2.75) is 89.9 Å². The second kappa shape index (κ2) is 20.9. The Balaban J connectivity index is 1.71. The smallest absolute Gasteiger partial charge is 0.315 e. The molecule has 3 aromatic rings. The first-order chi connectivity index (χ1) is 26.7. The fraction of sp³-hybridized carbons (Fsp3) is 0.432. The molecule has 1 heterocycles. The number of hydrogen-bond donors (Lipinski definition) is 7. The van der Waals surface area contributed by atoms with E-state index in [0.717, 1.165) is 21.4 Å². The van der Waals surface area contributed by atoms with Crippen LogP contribution in [0.1, 0.15) is 78.1 Å². The van der Waals surface area contributed by atoms with Gasteiger partial charge in [0.05, 0.1) is 30.5 Å². The number of primary amides is 1. The summed E-state index contributed by atoms with van der Waals surface area (Å²) < 4.78 is 35.0. The number of ketones is 1. The van der Waals surface area contributed by atoms with E-state index in [1.165, 1.54) is 13.3 Å². The van der Waals surface area contributed by atoms with E-state index in [-0.39, 0.29) is 35.2 Å². The maximum atomic E-state index is 13.7. The zero-order chi connectivity index (χ0) is 42.6. The van der Waals surface area contributed by atoms with Gasteiger partial charge in [0.1, 0.15) is 17.8 Å². The number of methoxy groups -OCH3 is 1. The highest BCUT2D eigenvalue weighted by atomic mass is 79.9. The van der Waals surface area contributed by atoms with Crippen molar-refractivity contribution in [3.05, 3.63) is 73.6 Å². The average molecular weight is 893 g/mol. The van der Waals surface area contributed by atoms with Crippen molar-refractivity contribution in [1.29, 1.82) is 0 Å². The molecule has 0 fully saturated rings. The van der Waals surface area contributed by atoms with Crippen molar-refractivity contribution in [3.8, 4) is 5.75 Å². The number of benzene rings is 2. The first kappa shape index (κ1) is 46.3. The number of rotatable bonds is 19. The van der Waals surface area contributed by atoms with E-state index in [1.54, 1.807) is 65.1 Å². The molecule has 57 heavy (non-hydrogen) atoms. The average Bonchev–Trinajstić information content (AvgIpc) is 3.67. The van der Waals surface area contributed by atoms with Crippen LogP contribution in [-0.2, 0) is 24.4 Å². The van der Waals surface area contributed by atoms with Gasteiger partial charge < -0.3 is 37.5 Å². The summed E-state index contributed by atoms with van der Waals surface area (Å²) in [4.78, 5) is 73.8. The van der Waals surface area contributed by atoms with E-state index >= 15 is 0 Å². The largest absolute Gasteiger partial charge is 0.496 e. The standard InChI is InChI=1S/C37H50BrN9O8S2/c1-19(2)30(46-33(50)27(18-29(39)48)45-37(52)43-23(6)24-10-12-25(38)13-11-24)34(51)44-26(31(49)35-41-15-16-56-35)9-8-14-42-36(40)47-57(53,54)32-20(3)17-28(55-7)21(4)22(32)5/h10-13,15-17,19,23,26-27,30H,8-9,14,18H2,1-7H3,(H2,39,48)(H,44,51)(H,46,50)(H3,40,42,47)(H2,43,45,52)/t23-,26+,27+,30+/m1/s1. The van der Waals surface area contributed by atoms with Gasteiger partial charge in [0.2, 0.25) is 29.5 Å². The molecule has 17 nitrogen and oxygen atoms in total. The molecule has 0 aliphatic rings. The van der Waals surface area contributed by atoms with Gasteiger partial charge in [0.25, 0.3) is 10.0 Å². The van der Waals surface area contributed by atoms with E-state index in [4.69, 9.17) is 16.2 Å². The molecule has 310 valence electrons. The minimum Gasteiger partial charge on any atom is -0.496 e. The lowest BCUT2D eigenvalue weighted by atomic mass is 10.0. The van der Waals surface area contributed by atoms with E-state index in [1.807, 2.05) is 12.1 Å². The molecule has 3 rings (SSSR count). The number of nitrogens with two attached hydrogens (primary N) is 2. The second-order valence-electron chi connectivity index (χ2n) is 13.6. The summed E-state index contributed by atoms with van der Waals surface area (Å²) in [6.07, 6.45) is 1.12. The highest BCUT2D eigenvalue weighted by Gasteiger charge is 2.33. The Morgan fingerprint density at radius 2 is 1.60 bits per heavy atom. The number of Topliss-reactive ketones (excluding diaryl/α,β-unsaturated/α-hetero) is 1. The first-order valence-electron chi connectivity index (χ1n) is 17.9. The Kier molecular flexibility index (Phi) is 17.0. The van der Waals surface area contributed by atoms with Crippen molar-refractivity contribution in [3.63, 3.8) is 0 Å². The van der Waals surface area contributed by atoms with E-state index < -0.39 is 76.1 Å². The molecule has 0 radical (unpaired) electrons. The van der Waals surface area contributed by atoms with Crippen molar-refractivity contribution in [1.82, 2.24) is 31.0 Å². The van der Waals surface area contributed by atoms with Crippen LogP contribution < -0.4 is 42.2 Å². The number of nitrogens with zero attached hydrogens (tertiary/aromatic N) is 2. The lowest BCUT2D eigenvalue weighted by Crippen LogP contribution is -2.58. The lowest BCUT2D eigenvalue weighted by Gasteiger charge is -2.27. The molecular formula is C37H50BrN9O8S2. The fourth-order valence-electron chi connectivity index (χ4n) is 5.82. The third kappa shape index (κ3) is 13.2. The molecule has 20 heteroatoms. The Hall–Kier alpha value is -5.08. The van der Waals surface area contributed by atoms with Crippen LogP contribution in [0.3, 0.4) is 0 Å². The molecular weight excluding hydrogens is 842 g/mol. The van der Waals surface area contributed by atoms with Crippen molar-refractivity contribution >= 4 is 72.8 Å². The number of guanidine groups is 1. The first-order valence-corrected chi connectivity index (χ1v) is 21.0. The summed E-state index contributed by atoms with van der Waals surface area (Å²) in [6.45, 7) is 10.1. The van der Waals surface area contributed by atoms with Gasteiger partial charge in [0, 0.05) is 22.6 Å². The summed E-state index contributed by atoms with van der Waals surface area (Å²) in [5.41, 5.74) is 13.8. The van der Waals surface area contributed by atoms with Crippen molar-refractivity contribution in [2.75, 3.05) is 13.7 Å². The normalized spacial score (nSPS) is 13.8. The van der Waals surface area contributed by atoms with E-state index in [2.05, 4.69) is 51.9 Å². The SMILES string of the molecule is COc1cc(C)c(S(=O)(=O)NC(N)=NCCC[C@H](NC(=O)[C@@H](NC(=O)[C@H](CC(N)=O)NC(=O)N[C@H](C)c2ccc(Br)cc2)C(C)C)C(=O)c2nccs2)c(C)c1C. The monoisotopic (exact) mass is 891 g/mol. The Morgan fingerprint density at radius 3 is 2.18 bits per heavy atom. The van der Waals surface area contributed by atoms with Gasteiger partial charge in [-0.25, -0.2) is 22.9 Å². The van der Waals surface area contributed by atoms with Gasteiger partial charge in [0.15, 0.2) is 5.01 Å². The molecule has 0 aliphatic heterocycles. The van der Waals surface area contributed by atoms with Crippen LogP contribution in [0, 0.1) is 26.7 Å². The fourth-order valence-corrected chi connectivity index (χ4v) is 8.19. The number of halogens is 1. The summed E-state index contributed by atoms with van der Waals surface area (Å²) in [5.74, 6) is -3.25. The molecule has 1 aromatic heterocycles. The lowest BCUT2D eigenvalue weighted by molar-refractivity contribution is -0.132. The van der Waals surface area contributed by atoms with E-state index in [9.17, 15) is 32.4 Å². The van der Waals surface area contributed by atoms with Gasteiger partial charge in [-0.3, -0.25) is 24.2 Å². The molecule has 0 bridgehead atoms. The maximum Gasteiger partial charge on any atom is 0.315 e.